The van der Waals surface area contributed by atoms with Gasteiger partial charge in [0.15, 0.2) is 5.03 Å². The average molecular weight is 405 g/mol. The van der Waals surface area contributed by atoms with Crippen LogP contribution in [0.5, 0.6) is 5.75 Å². The fourth-order valence-corrected chi connectivity index (χ4v) is 6.08. The summed E-state index contributed by atoms with van der Waals surface area (Å²) in [7, 11) is -0.0408. The third-order valence-electron chi connectivity index (χ3n) is 5.97. The first-order chi connectivity index (χ1) is 13.4. The number of hydrogen-bond donors (Lipinski definition) is 0. The van der Waals surface area contributed by atoms with Gasteiger partial charge in [0, 0.05) is 39.4 Å². The molecular formula is C20H28N4O3S. The van der Waals surface area contributed by atoms with Crippen molar-refractivity contribution in [3.05, 3.63) is 42.4 Å². The predicted octanol–water partition coefficient (Wildman–Crippen LogP) is 2.11. The molecule has 7 nitrogen and oxygen atoms in total. The molecule has 8 heteroatoms. The summed E-state index contributed by atoms with van der Waals surface area (Å²) in [5.41, 5.74) is 1.27. The molecule has 2 saturated heterocycles. The third-order valence-corrected chi connectivity index (χ3v) is 7.70. The Morgan fingerprint density at radius 3 is 2.82 bits per heavy atom. The van der Waals surface area contributed by atoms with Crippen molar-refractivity contribution in [3.8, 4) is 5.75 Å². The number of imidazole rings is 1. The van der Waals surface area contributed by atoms with Gasteiger partial charge in [-0.1, -0.05) is 12.1 Å². The maximum Gasteiger partial charge on any atom is 0.262 e. The molecule has 2 aliphatic rings. The molecule has 152 valence electrons. The normalized spacial score (nSPS) is 24.1. The fraction of sp³-hybridized carbons (Fsp3) is 0.550. The van der Waals surface area contributed by atoms with Gasteiger partial charge in [-0.05, 0) is 48.9 Å². The number of piperidine rings is 1. The van der Waals surface area contributed by atoms with Crippen molar-refractivity contribution in [1.29, 1.82) is 0 Å². The number of rotatable bonds is 5. The molecule has 2 aromatic rings. The highest BCUT2D eigenvalue weighted by Crippen LogP contribution is 2.41. The number of methoxy groups -OCH3 is 1. The molecule has 1 spiro atoms. The zero-order chi connectivity index (χ0) is 19.8. The summed E-state index contributed by atoms with van der Waals surface area (Å²) >= 11 is 0. The summed E-state index contributed by atoms with van der Waals surface area (Å²) in [5.74, 6) is 0.873. The second kappa shape index (κ2) is 7.50. The monoisotopic (exact) mass is 404 g/mol. The van der Waals surface area contributed by atoms with Gasteiger partial charge >= 0.3 is 0 Å². The lowest BCUT2D eigenvalue weighted by Gasteiger charge is -2.40. The minimum absolute atomic E-state index is 0.0406. The van der Waals surface area contributed by atoms with Gasteiger partial charge in [-0.2, -0.15) is 4.31 Å². The van der Waals surface area contributed by atoms with E-state index in [1.807, 2.05) is 12.1 Å². The van der Waals surface area contributed by atoms with Crippen molar-refractivity contribution >= 4 is 10.0 Å². The molecule has 28 heavy (non-hydrogen) atoms. The molecule has 0 saturated carbocycles. The summed E-state index contributed by atoms with van der Waals surface area (Å²) in [6.07, 6.45) is 6.20. The SMILES string of the molecule is COc1cccc(CN2CCC[C@@]3(CCN(S(=O)(=O)c4cn(C)cn4)C3)C2)c1. The van der Waals surface area contributed by atoms with Crippen molar-refractivity contribution in [3.63, 3.8) is 0 Å². The lowest BCUT2D eigenvalue weighted by molar-refractivity contribution is 0.0934. The van der Waals surface area contributed by atoms with E-state index < -0.39 is 10.0 Å². The van der Waals surface area contributed by atoms with Gasteiger partial charge in [0.25, 0.3) is 10.0 Å². The van der Waals surface area contributed by atoms with Gasteiger partial charge in [0.1, 0.15) is 5.75 Å². The number of nitrogens with zero attached hydrogens (tertiary/aromatic N) is 4. The van der Waals surface area contributed by atoms with Crippen LogP contribution < -0.4 is 4.74 Å². The first-order valence-corrected chi connectivity index (χ1v) is 11.2. The number of likely N-dealkylation sites (tertiary alicyclic amines) is 1. The van der Waals surface area contributed by atoms with Gasteiger partial charge in [-0.25, -0.2) is 13.4 Å². The minimum Gasteiger partial charge on any atom is -0.497 e. The van der Waals surface area contributed by atoms with Crippen LogP contribution >= 0.6 is 0 Å². The van der Waals surface area contributed by atoms with Crippen LogP contribution in [0.25, 0.3) is 0 Å². The van der Waals surface area contributed by atoms with E-state index in [1.165, 1.54) is 11.9 Å². The highest BCUT2D eigenvalue weighted by molar-refractivity contribution is 7.89. The van der Waals surface area contributed by atoms with Crippen molar-refractivity contribution < 1.29 is 13.2 Å². The second-order valence-electron chi connectivity index (χ2n) is 8.13. The summed E-state index contributed by atoms with van der Waals surface area (Å²) in [5, 5.41) is 0.149. The molecule has 2 aliphatic heterocycles. The van der Waals surface area contributed by atoms with Gasteiger partial charge in [0.2, 0.25) is 0 Å². The summed E-state index contributed by atoms with van der Waals surface area (Å²) in [6, 6.07) is 8.17. The number of aryl methyl sites for hydroxylation is 1. The van der Waals surface area contributed by atoms with Crippen LogP contribution in [0, 0.1) is 5.41 Å². The van der Waals surface area contributed by atoms with Gasteiger partial charge in [-0.3, -0.25) is 4.90 Å². The summed E-state index contributed by atoms with van der Waals surface area (Å²) < 4.78 is 34.5. The largest absolute Gasteiger partial charge is 0.497 e. The number of benzene rings is 1. The second-order valence-corrected chi connectivity index (χ2v) is 10.0. The van der Waals surface area contributed by atoms with Gasteiger partial charge < -0.3 is 9.30 Å². The van der Waals surface area contributed by atoms with Crippen LogP contribution in [-0.2, 0) is 23.6 Å². The minimum atomic E-state index is -3.51. The van der Waals surface area contributed by atoms with Crippen molar-refractivity contribution in [2.24, 2.45) is 12.5 Å². The van der Waals surface area contributed by atoms with Crippen LogP contribution in [0.4, 0.5) is 0 Å². The van der Waals surface area contributed by atoms with E-state index in [2.05, 4.69) is 22.0 Å². The van der Waals surface area contributed by atoms with Crippen LogP contribution in [0.15, 0.2) is 41.8 Å². The van der Waals surface area contributed by atoms with E-state index in [0.717, 1.165) is 44.6 Å². The molecule has 1 aromatic heterocycles. The summed E-state index contributed by atoms with van der Waals surface area (Å²) in [6.45, 7) is 4.00. The number of sulfonamides is 1. The maximum atomic E-state index is 12.9. The van der Waals surface area contributed by atoms with Gasteiger partial charge in [0.05, 0.1) is 13.4 Å². The van der Waals surface area contributed by atoms with Crippen LogP contribution in [0.2, 0.25) is 0 Å². The molecule has 2 fully saturated rings. The standard InChI is InChI=1S/C20H28N4O3S/c1-22-13-19(21-16-22)28(25,26)24-10-8-20(15-24)7-4-9-23(14-20)12-17-5-3-6-18(11-17)27-2/h3,5-6,11,13,16H,4,7-10,12,14-15H2,1-2H3/t20-/m1/s1. The molecule has 0 N–H and O–H groups in total. The number of ether oxygens (including phenoxy) is 1. The Kier molecular flexibility index (Phi) is 5.20. The fourth-order valence-electron chi connectivity index (χ4n) is 4.56. The van der Waals surface area contributed by atoms with E-state index in [-0.39, 0.29) is 10.4 Å². The molecule has 1 atom stereocenters. The smallest absolute Gasteiger partial charge is 0.262 e. The Hall–Kier alpha value is -1.90. The Morgan fingerprint density at radius 2 is 2.07 bits per heavy atom. The van der Waals surface area contributed by atoms with E-state index in [0.29, 0.717) is 13.1 Å². The Bertz CT molecular complexity index is 942. The molecule has 0 bridgehead atoms. The summed E-state index contributed by atoms with van der Waals surface area (Å²) in [4.78, 5) is 6.52. The first kappa shape index (κ1) is 19.4. The maximum absolute atomic E-state index is 12.9. The first-order valence-electron chi connectivity index (χ1n) is 9.74. The highest BCUT2D eigenvalue weighted by atomic mass is 32.2. The molecule has 4 rings (SSSR count). The molecule has 1 aromatic carbocycles. The Morgan fingerprint density at radius 1 is 1.21 bits per heavy atom. The van der Waals surface area contributed by atoms with Crippen LogP contribution in [-0.4, -0.2) is 60.5 Å². The Balaban J connectivity index is 1.45. The van der Waals surface area contributed by atoms with Crippen LogP contribution in [0.1, 0.15) is 24.8 Å². The molecule has 0 unspecified atom stereocenters. The zero-order valence-corrected chi connectivity index (χ0v) is 17.4. The third kappa shape index (κ3) is 3.81. The predicted molar refractivity (Wildman–Crippen MR) is 107 cm³/mol. The van der Waals surface area contributed by atoms with E-state index >= 15 is 0 Å². The quantitative estimate of drug-likeness (QED) is 0.764. The lowest BCUT2D eigenvalue weighted by Crippen LogP contribution is -2.45. The Labute approximate surface area is 167 Å². The lowest BCUT2D eigenvalue weighted by atomic mass is 9.79. The van der Waals surface area contributed by atoms with Gasteiger partial charge in [-0.15, -0.1) is 0 Å². The van der Waals surface area contributed by atoms with Crippen molar-refractivity contribution in [2.45, 2.75) is 30.8 Å². The average Bonchev–Trinajstić information content (AvgIpc) is 3.29. The molecule has 0 aliphatic carbocycles. The topological polar surface area (TPSA) is 67.7 Å². The highest BCUT2D eigenvalue weighted by Gasteiger charge is 2.45. The van der Waals surface area contributed by atoms with E-state index in [9.17, 15) is 8.42 Å². The van der Waals surface area contributed by atoms with Crippen molar-refractivity contribution in [2.75, 3.05) is 33.3 Å². The van der Waals surface area contributed by atoms with Crippen molar-refractivity contribution in [1.82, 2.24) is 18.8 Å². The zero-order valence-electron chi connectivity index (χ0n) is 16.5. The number of aromatic nitrogens is 2. The van der Waals surface area contributed by atoms with E-state index in [4.69, 9.17) is 4.74 Å². The molecular weight excluding hydrogens is 376 g/mol. The van der Waals surface area contributed by atoms with E-state index in [1.54, 1.807) is 29.2 Å². The van der Waals surface area contributed by atoms with Crippen LogP contribution in [0.3, 0.4) is 0 Å². The number of hydrogen-bond acceptors (Lipinski definition) is 5. The molecule has 3 heterocycles. The molecule has 0 radical (unpaired) electrons. The molecule has 0 amide bonds.